The van der Waals surface area contributed by atoms with Crippen LogP contribution in [0.3, 0.4) is 0 Å². The molecule has 1 rings (SSSR count). The van der Waals surface area contributed by atoms with E-state index in [4.69, 9.17) is 10.00 Å². The largest absolute Gasteiger partial charge is 0.394 e. The maximum atomic E-state index is 9.48. The lowest BCUT2D eigenvalue weighted by Crippen LogP contribution is -2.52. The Morgan fingerprint density at radius 2 is 2.06 bits per heavy atom. The standard InChI is InChI=1S/C13H24N2O2/c1-12(2,10-14)4-3-7-15-13(11-16)5-8-17-9-6-13/h15-16H,3-9,11H2,1-2H3. The van der Waals surface area contributed by atoms with E-state index >= 15 is 0 Å². The van der Waals surface area contributed by atoms with Crippen LogP contribution >= 0.6 is 0 Å². The summed E-state index contributed by atoms with van der Waals surface area (Å²) in [5.74, 6) is 0. The monoisotopic (exact) mass is 240 g/mol. The fourth-order valence-electron chi connectivity index (χ4n) is 2.09. The number of nitriles is 1. The molecular weight excluding hydrogens is 216 g/mol. The summed E-state index contributed by atoms with van der Waals surface area (Å²) in [6.45, 7) is 6.38. The molecule has 0 bridgehead atoms. The summed E-state index contributed by atoms with van der Waals surface area (Å²) in [5, 5.41) is 21.8. The van der Waals surface area contributed by atoms with E-state index in [9.17, 15) is 5.11 Å². The van der Waals surface area contributed by atoms with Crippen LogP contribution in [0.1, 0.15) is 39.5 Å². The van der Waals surface area contributed by atoms with E-state index in [1.54, 1.807) is 0 Å². The highest BCUT2D eigenvalue weighted by Gasteiger charge is 2.31. The third-order valence-electron chi connectivity index (χ3n) is 3.53. The molecule has 0 aliphatic carbocycles. The summed E-state index contributed by atoms with van der Waals surface area (Å²) >= 11 is 0. The predicted octanol–water partition coefficient (Wildman–Crippen LogP) is 1.45. The second-order valence-electron chi connectivity index (χ2n) is 5.58. The summed E-state index contributed by atoms with van der Waals surface area (Å²) in [4.78, 5) is 0. The van der Waals surface area contributed by atoms with Crippen molar-refractivity contribution in [2.45, 2.75) is 45.1 Å². The van der Waals surface area contributed by atoms with Crippen LogP contribution in [0.15, 0.2) is 0 Å². The molecule has 1 heterocycles. The molecule has 1 fully saturated rings. The lowest BCUT2D eigenvalue weighted by molar-refractivity contribution is 0.0118. The van der Waals surface area contributed by atoms with E-state index in [1.165, 1.54) is 0 Å². The third-order valence-corrected chi connectivity index (χ3v) is 3.53. The van der Waals surface area contributed by atoms with Gasteiger partial charge >= 0.3 is 0 Å². The van der Waals surface area contributed by atoms with Crippen LogP contribution in [0.2, 0.25) is 0 Å². The van der Waals surface area contributed by atoms with E-state index in [0.29, 0.717) is 0 Å². The van der Waals surface area contributed by atoms with Crippen LogP contribution in [0.25, 0.3) is 0 Å². The molecular formula is C13H24N2O2. The van der Waals surface area contributed by atoms with E-state index in [2.05, 4.69) is 11.4 Å². The molecule has 0 atom stereocenters. The lowest BCUT2D eigenvalue weighted by atomic mass is 9.88. The highest BCUT2D eigenvalue weighted by molar-refractivity contribution is 4.93. The second kappa shape index (κ2) is 6.34. The van der Waals surface area contributed by atoms with E-state index in [1.807, 2.05) is 13.8 Å². The van der Waals surface area contributed by atoms with E-state index < -0.39 is 0 Å². The van der Waals surface area contributed by atoms with Gasteiger partial charge in [-0.3, -0.25) is 0 Å². The molecule has 0 aromatic rings. The summed E-state index contributed by atoms with van der Waals surface area (Å²) < 4.78 is 5.31. The van der Waals surface area contributed by atoms with Gasteiger partial charge in [0.15, 0.2) is 0 Å². The third kappa shape index (κ3) is 4.63. The molecule has 1 aliphatic rings. The number of nitrogens with one attached hydrogen (secondary N) is 1. The number of nitrogens with zero attached hydrogens (tertiary/aromatic N) is 1. The van der Waals surface area contributed by atoms with Gasteiger partial charge in [-0.15, -0.1) is 0 Å². The molecule has 17 heavy (non-hydrogen) atoms. The topological polar surface area (TPSA) is 65.3 Å². The van der Waals surface area contributed by atoms with Gasteiger partial charge in [-0.1, -0.05) is 0 Å². The minimum absolute atomic E-state index is 0.158. The zero-order valence-electron chi connectivity index (χ0n) is 11.0. The van der Waals surface area contributed by atoms with Crippen molar-refractivity contribution in [3.63, 3.8) is 0 Å². The molecule has 0 radical (unpaired) electrons. The number of hydrogen-bond acceptors (Lipinski definition) is 4. The number of aliphatic hydroxyl groups excluding tert-OH is 1. The first-order chi connectivity index (χ1) is 8.04. The van der Waals surface area contributed by atoms with Gasteiger partial charge in [0, 0.05) is 18.8 Å². The van der Waals surface area contributed by atoms with Gasteiger partial charge in [0.05, 0.1) is 18.1 Å². The molecule has 2 N–H and O–H groups in total. The summed E-state index contributed by atoms with van der Waals surface area (Å²) in [7, 11) is 0. The van der Waals surface area contributed by atoms with Crippen molar-refractivity contribution < 1.29 is 9.84 Å². The predicted molar refractivity (Wildman–Crippen MR) is 66.5 cm³/mol. The molecule has 98 valence electrons. The minimum atomic E-state index is -0.246. The van der Waals surface area contributed by atoms with Gasteiger partial charge in [-0.2, -0.15) is 5.26 Å². The van der Waals surface area contributed by atoms with Crippen molar-refractivity contribution in [2.24, 2.45) is 5.41 Å². The van der Waals surface area contributed by atoms with Crippen LogP contribution < -0.4 is 5.32 Å². The van der Waals surface area contributed by atoms with Crippen molar-refractivity contribution >= 4 is 0 Å². The van der Waals surface area contributed by atoms with Gasteiger partial charge in [0.2, 0.25) is 0 Å². The highest BCUT2D eigenvalue weighted by Crippen LogP contribution is 2.22. The number of aliphatic hydroxyl groups is 1. The normalized spacial score (nSPS) is 19.9. The van der Waals surface area contributed by atoms with Gasteiger partial charge in [-0.25, -0.2) is 0 Å². The average molecular weight is 240 g/mol. The Balaban J connectivity index is 2.27. The summed E-state index contributed by atoms with van der Waals surface area (Å²) in [5.41, 5.74) is -0.404. The van der Waals surface area contributed by atoms with Crippen LogP contribution in [0, 0.1) is 16.7 Å². The fraction of sp³-hybridized carbons (Fsp3) is 0.923. The molecule has 4 heteroatoms. The maximum Gasteiger partial charge on any atom is 0.0683 e. The van der Waals surface area contributed by atoms with E-state index in [0.717, 1.165) is 45.4 Å². The number of hydrogen-bond donors (Lipinski definition) is 2. The minimum Gasteiger partial charge on any atom is -0.394 e. The van der Waals surface area contributed by atoms with Gasteiger partial charge in [0.25, 0.3) is 0 Å². The zero-order chi connectivity index (χ0) is 12.8. The SMILES string of the molecule is CC(C)(C#N)CCCNC1(CO)CCOCC1. The summed E-state index contributed by atoms with van der Waals surface area (Å²) in [6.07, 6.45) is 3.58. The molecule has 0 saturated carbocycles. The quantitative estimate of drug-likeness (QED) is 0.690. The first kappa shape index (κ1) is 14.4. The Hall–Kier alpha value is -0.630. The molecule has 0 aromatic carbocycles. The molecule has 0 amide bonds. The number of rotatable bonds is 6. The van der Waals surface area contributed by atoms with Gasteiger partial charge < -0.3 is 15.2 Å². The van der Waals surface area contributed by atoms with Crippen LogP contribution in [0.5, 0.6) is 0 Å². The summed E-state index contributed by atoms with van der Waals surface area (Å²) in [6, 6.07) is 2.31. The highest BCUT2D eigenvalue weighted by atomic mass is 16.5. The van der Waals surface area contributed by atoms with Gasteiger partial charge in [0.1, 0.15) is 0 Å². The second-order valence-corrected chi connectivity index (χ2v) is 5.58. The average Bonchev–Trinajstić information content (AvgIpc) is 2.36. The number of ether oxygens (including phenoxy) is 1. The molecule has 4 nitrogen and oxygen atoms in total. The van der Waals surface area contributed by atoms with Gasteiger partial charge in [-0.05, 0) is 46.1 Å². The smallest absolute Gasteiger partial charge is 0.0683 e. The fourth-order valence-corrected chi connectivity index (χ4v) is 2.09. The zero-order valence-corrected chi connectivity index (χ0v) is 11.0. The Kier molecular flexibility index (Phi) is 5.38. The Morgan fingerprint density at radius 3 is 2.59 bits per heavy atom. The van der Waals surface area contributed by atoms with Crippen LogP contribution in [0.4, 0.5) is 0 Å². The Labute approximate surface area is 104 Å². The maximum absolute atomic E-state index is 9.48. The first-order valence-electron chi connectivity index (χ1n) is 6.38. The van der Waals surface area contributed by atoms with Crippen molar-refractivity contribution in [3.8, 4) is 6.07 Å². The molecule has 0 unspecified atom stereocenters. The lowest BCUT2D eigenvalue weighted by Gasteiger charge is -2.36. The van der Waals surface area contributed by atoms with Crippen molar-refractivity contribution in [2.75, 3.05) is 26.4 Å². The molecule has 0 aromatic heterocycles. The molecule has 1 saturated heterocycles. The van der Waals surface area contributed by atoms with Crippen LogP contribution in [-0.2, 0) is 4.74 Å². The van der Waals surface area contributed by atoms with Crippen molar-refractivity contribution in [1.82, 2.24) is 5.32 Å². The first-order valence-corrected chi connectivity index (χ1v) is 6.38. The van der Waals surface area contributed by atoms with E-state index in [-0.39, 0.29) is 17.6 Å². The van der Waals surface area contributed by atoms with Crippen LogP contribution in [-0.4, -0.2) is 37.0 Å². The Bertz CT molecular complexity index is 265. The van der Waals surface area contributed by atoms with Crippen molar-refractivity contribution in [3.05, 3.63) is 0 Å². The Morgan fingerprint density at radius 1 is 1.41 bits per heavy atom. The molecule has 0 spiro atoms. The van der Waals surface area contributed by atoms with Crippen molar-refractivity contribution in [1.29, 1.82) is 5.26 Å². The molecule has 1 aliphatic heterocycles.